The fourth-order valence-electron chi connectivity index (χ4n) is 0.139. The molecule has 16 heavy (non-hydrogen) atoms. The Bertz CT molecular complexity index is 213. The summed E-state index contributed by atoms with van der Waals surface area (Å²) in [6, 6.07) is 0. The highest BCUT2D eigenvalue weighted by Gasteiger charge is 2.00. The molecule has 0 fully saturated rings. The summed E-state index contributed by atoms with van der Waals surface area (Å²) in [6.45, 7) is 1.58. The van der Waals surface area contributed by atoms with Crippen LogP contribution in [0, 0.1) is 0 Å². The summed E-state index contributed by atoms with van der Waals surface area (Å²) in [4.78, 5) is 52.6. The van der Waals surface area contributed by atoms with E-state index in [1.807, 2.05) is 0 Å². The van der Waals surface area contributed by atoms with E-state index in [-0.39, 0.29) is 6.42 Å². The van der Waals surface area contributed by atoms with Gasteiger partial charge in [-0.05, 0) is 6.92 Å². The molecule has 10 nitrogen and oxygen atoms in total. The highest BCUT2D eigenvalue weighted by Crippen LogP contribution is 2.26. The molecule has 1 unspecified atom stereocenters. The predicted octanol–water partition coefficient (Wildman–Crippen LogP) is -1.90. The second-order valence-electron chi connectivity index (χ2n) is 2.28. The van der Waals surface area contributed by atoms with Gasteiger partial charge in [0.1, 0.15) is 6.29 Å². The van der Waals surface area contributed by atoms with E-state index in [9.17, 15) is 4.79 Å². The van der Waals surface area contributed by atoms with Crippen molar-refractivity contribution in [2.45, 2.75) is 19.4 Å². The number of carbonyl (C=O) groups is 1. The first-order valence-electron chi connectivity index (χ1n) is 3.45. The van der Waals surface area contributed by atoms with Crippen LogP contribution < -0.4 is 0 Å². The average molecular weight is 284 g/mol. The third kappa shape index (κ3) is 282. The number of hydrogen-bond donors (Lipinski definition) is 7. The van der Waals surface area contributed by atoms with E-state index in [0.29, 0.717) is 6.29 Å². The molecule has 1 atom stereocenters. The van der Waals surface area contributed by atoms with Crippen molar-refractivity contribution in [2.75, 3.05) is 0 Å². The number of aliphatic hydroxyl groups excluding tert-OH is 1. The van der Waals surface area contributed by atoms with Crippen LogP contribution >= 0.6 is 15.6 Å². The molecular formula is C4H14O10P2. The summed E-state index contributed by atoms with van der Waals surface area (Å²) in [5.41, 5.74) is 0. The van der Waals surface area contributed by atoms with Gasteiger partial charge in [-0.25, -0.2) is 9.13 Å². The Kier molecular flexibility index (Phi) is 13.3. The van der Waals surface area contributed by atoms with Crippen LogP contribution in [0.5, 0.6) is 0 Å². The largest absolute Gasteiger partial charge is 0.466 e. The van der Waals surface area contributed by atoms with Gasteiger partial charge in [0, 0.05) is 6.42 Å². The summed E-state index contributed by atoms with van der Waals surface area (Å²) in [6.07, 6.45) is 0.479. The van der Waals surface area contributed by atoms with Crippen LogP contribution in [0.3, 0.4) is 0 Å². The number of aldehydes is 1. The topological polar surface area (TPSA) is 193 Å². The highest BCUT2D eigenvalue weighted by atomic mass is 31.2. The fourth-order valence-corrected chi connectivity index (χ4v) is 0.139. The van der Waals surface area contributed by atoms with Crippen molar-refractivity contribution in [1.82, 2.24) is 0 Å². The number of phosphoric acid groups is 2. The summed E-state index contributed by atoms with van der Waals surface area (Å²) >= 11 is 0. The standard InChI is InChI=1S/C4H8O2.2H3O4P/c1-4(6)2-3-5;2*1-5(2,3)4/h3-4,6H,2H2,1H3;2*(H3,1,2,3,4). The van der Waals surface area contributed by atoms with Crippen molar-refractivity contribution in [3.8, 4) is 0 Å². The van der Waals surface area contributed by atoms with Gasteiger partial charge in [0.2, 0.25) is 0 Å². The zero-order valence-corrected chi connectivity index (χ0v) is 9.90. The first-order chi connectivity index (χ1) is 6.77. The quantitative estimate of drug-likeness (QED) is 0.222. The average Bonchev–Trinajstić information content (AvgIpc) is 1.76. The molecule has 0 aromatic carbocycles. The number of carbonyl (C=O) groups excluding carboxylic acids is 1. The first-order valence-corrected chi connectivity index (χ1v) is 6.58. The van der Waals surface area contributed by atoms with Crippen LogP contribution in [0.4, 0.5) is 0 Å². The number of rotatable bonds is 2. The second-order valence-corrected chi connectivity index (χ2v) is 4.33. The Balaban J connectivity index is -0.000000160. The van der Waals surface area contributed by atoms with Crippen molar-refractivity contribution in [3.63, 3.8) is 0 Å². The van der Waals surface area contributed by atoms with E-state index in [1.54, 1.807) is 6.92 Å². The van der Waals surface area contributed by atoms with E-state index < -0.39 is 21.7 Å². The second kappa shape index (κ2) is 10.0. The molecule has 0 aliphatic rings. The maximum absolute atomic E-state index is 9.46. The third-order valence-electron chi connectivity index (χ3n) is 0.437. The molecular weight excluding hydrogens is 270 g/mol. The van der Waals surface area contributed by atoms with Crippen LogP contribution in [-0.2, 0) is 13.9 Å². The number of aliphatic hydroxyl groups is 1. The Morgan fingerprint density at radius 3 is 1.19 bits per heavy atom. The van der Waals surface area contributed by atoms with Gasteiger partial charge in [-0.3, -0.25) is 0 Å². The maximum atomic E-state index is 9.46. The van der Waals surface area contributed by atoms with Crippen molar-refractivity contribution < 1.29 is 48.4 Å². The molecule has 0 saturated heterocycles. The van der Waals surface area contributed by atoms with Gasteiger partial charge < -0.3 is 39.3 Å². The van der Waals surface area contributed by atoms with E-state index >= 15 is 0 Å². The van der Waals surface area contributed by atoms with Gasteiger partial charge in [0.05, 0.1) is 6.10 Å². The van der Waals surface area contributed by atoms with Crippen molar-refractivity contribution in [2.24, 2.45) is 0 Å². The third-order valence-corrected chi connectivity index (χ3v) is 0.437. The normalized spacial score (nSPS) is 12.5. The number of hydrogen-bond acceptors (Lipinski definition) is 4. The molecule has 0 aliphatic heterocycles. The van der Waals surface area contributed by atoms with Gasteiger partial charge in [-0.1, -0.05) is 0 Å². The molecule has 0 amide bonds. The minimum Gasteiger partial charge on any atom is -0.393 e. The lowest BCUT2D eigenvalue weighted by atomic mass is 10.3. The summed E-state index contributed by atoms with van der Waals surface area (Å²) in [5.74, 6) is 0. The van der Waals surface area contributed by atoms with E-state index in [0.717, 1.165) is 0 Å². The van der Waals surface area contributed by atoms with Gasteiger partial charge in [0.25, 0.3) is 0 Å². The van der Waals surface area contributed by atoms with E-state index in [2.05, 4.69) is 0 Å². The molecule has 0 aromatic heterocycles. The monoisotopic (exact) mass is 284 g/mol. The highest BCUT2D eigenvalue weighted by molar-refractivity contribution is 7.45. The zero-order chi connectivity index (χ0) is 14.0. The molecule has 0 heterocycles. The lowest BCUT2D eigenvalue weighted by Crippen LogP contribution is -1.97. The van der Waals surface area contributed by atoms with Crippen LogP contribution in [0.2, 0.25) is 0 Å². The molecule has 12 heteroatoms. The fraction of sp³-hybridized carbons (Fsp3) is 0.750. The van der Waals surface area contributed by atoms with Gasteiger partial charge >= 0.3 is 15.6 Å². The summed E-state index contributed by atoms with van der Waals surface area (Å²) < 4.78 is 17.8. The Hall–Kier alpha value is -0.150. The molecule has 0 spiro atoms. The minimum absolute atomic E-state index is 0.250. The molecule has 0 radical (unpaired) electrons. The van der Waals surface area contributed by atoms with Gasteiger partial charge in [-0.15, -0.1) is 0 Å². The van der Waals surface area contributed by atoms with Crippen LogP contribution in [0.1, 0.15) is 13.3 Å². The van der Waals surface area contributed by atoms with Crippen molar-refractivity contribution in [1.29, 1.82) is 0 Å². The molecule has 100 valence electrons. The molecule has 0 aliphatic carbocycles. The van der Waals surface area contributed by atoms with E-state index in [4.69, 9.17) is 43.6 Å². The first kappa shape index (κ1) is 21.2. The van der Waals surface area contributed by atoms with Crippen LogP contribution in [0.15, 0.2) is 0 Å². The minimum atomic E-state index is -4.64. The Morgan fingerprint density at radius 2 is 1.19 bits per heavy atom. The van der Waals surface area contributed by atoms with Crippen molar-refractivity contribution >= 4 is 21.9 Å². The van der Waals surface area contributed by atoms with Gasteiger partial charge in [0.15, 0.2) is 0 Å². The van der Waals surface area contributed by atoms with Crippen molar-refractivity contribution in [3.05, 3.63) is 0 Å². The molecule has 0 saturated carbocycles. The van der Waals surface area contributed by atoms with Crippen LogP contribution in [-0.4, -0.2) is 46.9 Å². The zero-order valence-electron chi connectivity index (χ0n) is 8.11. The SMILES string of the molecule is CC(O)CC=O.O=P(O)(O)O.O=P(O)(O)O. The molecule has 0 bridgehead atoms. The lowest BCUT2D eigenvalue weighted by Gasteiger charge is -1.89. The molecule has 0 aromatic rings. The summed E-state index contributed by atoms with van der Waals surface area (Å²) in [5, 5.41) is 8.32. The van der Waals surface area contributed by atoms with E-state index in [1.165, 1.54) is 0 Å². The molecule has 0 rings (SSSR count). The maximum Gasteiger partial charge on any atom is 0.466 e. The van der Waals surface area contributed by atoms with Crippen LogP contribution in [0.25, 0.3) is 0 Å². The Morgan fingerprint density at radius 1 is 1.00 bits per heavy atom. The summed E-state index contributed by atoms with van der Waals surface area (Å²) in [7, 11) is -9.28. The Labute approximate surface area is 90.7 Å². The molecule has 7 N–H and O–H groups in total. The predicted molar refractivity (Wildman–Crippen MR) is 50.9 cm³/mol. The smallest absolute Gasteiger partial charge is 0.393 e. The van der Waals surface area contributed by atoms with Gasteiger partial charge in [-0.2, -0.15) is 0 Å². The lowest BCUT2D eigenvalue weighted by molar-refractivity contribution is -0.109.